The summed E-state index contributed by atoms with van der Waals surface area (Å²) in [5.41, 5.74) is 1.48. The Morgan fingerprint density at radius 3 is 2.26 bits per heavy atom. The molecule has 146 valence electrons. The van der Waals surface area contributed by atoms with E-state index in [1.54, 1.807) is 18.2 Å². The van der Waals surface area contributed by atoms with Crippen molar-refractivity contribution in [3.05, 3.63) is 52.0 Å². The van der Waals surface area contributed by atoms with Crippen LogP contribution in [0.2, 0.25) is 10.0 Å². The van der Waals surface area contributed by atoms with E-state index in [-0.39, 0.29) is 5.69 Å². The minimum atomic E-state index is -3.78. The lowest BCUT2D eigenvalue weighted by molar-refractivity contribution is -0.116. The van der Waals surface area contributed by atoms with Crippen LogP contribution in [0.25, 0.3) is 0 Å². The lowest BCUT2D eigenvalue weighted by Gasteiger charge is -2.29. The van der Waals surface area contributed by atoms with Crippen LogP contribution in [0.3, 0.4) is 0 Å². The Hall–Kier alpha value is -1.96. The van der Waals surface area contributed by atoms with Gasteiger partial charge in [0.2, 0.25) is 15.9 Å². The van der Waals surface area contributed by atoms with Crippen molar-refractivity contribution in [2.24, 2.45) is 0 Å². The van der Waals surface area contributed by atoms with Crippen molar-refractivity contribution >= 4 is 50.5 Å². The summed E-state index contributed by atoms with van der Waals surface area (Å²) in [5, 5.41) is 3.35. The van der Waals surface area contributed by atoms with Crippen LogP contribution in [0.5, 0.6) is 5.75 Å². The van der Waals surface area contributed by atoms with Gasteiger partial charge in [-0.25, -0.2) is 8.42 Å². The molecule has 9 heteroatoms. The smallest absolute Gasteiger partial charge is 0.247 e. The number of hydrogen-bond acceptors (Lipinski definition) is 4. The number of sulfonamides is 1. The molecular formula is C18H20Cl2N2O4S. The molecule has 0 aliphatic heterocycles. The minimum Gasteiger partial charge on any atom is -0.495 e. The van der Waals surface area contributed by atoms with Gasteiger partial charge in [0, 0.05) is 15.7 Å². The van der Waals surface area contributed by atoms with Gasteiger partial charge in [-0.1, -0.05) is 29.3 Å². The highest BCUT2D eigenvalue weighted by molar-refractivity contribution is 7.92. The number of anilines is 2. The molecule has 0 aromatic heterocycles. The normalized spacial score (nSPS) is 12.4. The van der Waals surface area contributed by atoms with Crippen LogP contribution in [0.1, 0.15) is 12.5 Å². The molecule has 0 unspecified atom stereocenters. The number of nitrogens with one attached hydrogen (secondary N) is 1. The monoisotopic (exact) mass is 430 g/mol. The summed E-state index contributed by atoms with van der Waals surface area (Å²) in [5.74, 6) is -0.196. The molecule has 1 amide bonds. The summed E-state index contributed by atoms with van der Waals surface area (Å²) in [6.45, 7) is 3.31. The van der Waals surface area contributed by atoms with E-state index in [0.29, 0.717) is 21.5 Å². The Morgan fingerprint density at radius 2 is 1.74 bits per heavy atom. The third kappa shape index (κ3) is 5.28. The molecular weight excluding hydrogens is 411 g/mol. The second-order valence-electron chi connectivity index (χ2n) is 6.06. The fraction of sp³-hybridized carbons (Fsp3) is 0.278. The molecule has 0 saturated heterocycles. The van der Waals surface area contributed by atoms with Gasteiger partial charge in [0.05, 0.1) is 19.1 Å². The molecule has 2 aromatic carbocycles. The van der Waals surface area contributed by atoms with Crippen molar-refractivity contribution < 1.29 is 17.9 Å². The first-order valence-electron chi connectivity index (χ1n) is 7.94. The number of hydrogen-bond donors (Lipinski definition) is 1. The van der Waals surface area contributed by atoms with Crippen molar-refractivity contribution in [3.8, 4) is 5.75 Å². The molecule has 1 N–H and O–H groups in total. The van der Waals surface area contributed by atoms with E-state index >= 15 is 0 Å². The van der Waals surface area contributed by atoms with Gasteiger partial charge >= 0.3 is 0 Å². The van der Waals surface area contributed by atoms with Crippen LogP contribution in [0.4, 0.5) is 11.4 Å². The van der Waals surface area contributed by atoms with E-state index in [1.165, 1.54) is 32.2 Å². The third-order valence-corrected chi connectivity index (χ3v) is 5.45. The van der Waals surface area contributed by atoms with E-state index in [9.17, 15) is 13.2 Å². The fourth-order valence-corrected chi connectivity index (χ4v) is 4.32. The van der Waals surface area contributed by atoms with Crippen LogP contribution >= 0.6 is 23.2 Å². The zero-order valence-electron chi connectivity index (χ0n) is 15.3. The number of amides is 1. The van der Waals surface area contributed by atoms with Gasteiger partial charge in [-0.3, -0.25) is 9.10 Å². The highest BCUT2D eigenvalue weighted by Crippen LogP contribution is 2.33. The molecule has 1 atom stereocenters. The molecule has 0 aliphatic rings. The number of rotatable bonds is 6. The summed E-state index contributed by atoms with van der Waals surface area (Å²) in [4.78, 5) is 12.7. The maximum atomic E-state index is 12.7. The zero-order chi connectivity index (χ0) is 20.4. The van der Waals surface area contributed by atoms with Crippen molar-refractivity contribution in [1.29, 1.82) is 0 Å². The van der Waals surface area contributed by atoms with Crippen LogP contribution in [0, 0.1) is 6.92 Å². The second kappa shape index (κ2) is 8.37. The van der Waals surface area contributed by atoms with Crippen molar-refractivity contribution in [2.45, 2.75) is 19.9 Å². The summed E-state index contributed by atoms with van der Waals surface area (Å²) in [6.07, 6.45) is 1.04. The summed E-state index contributed by atoms with van der Waals surface area (Å²) < 4.78 is 31.2. The lowest BCUT2D eigenvalue weighted by Crippen LogP contribution is -2.45. The predicted molar refractivity (Wildman–Crippen MR) is 110 cm³/mol. The van der Waals surface area contributed by atoms with Crippen LogP contribution in [0.15, 0.2) is 36.4 Å². The Kier molecular flexibility index (Phi) is 6.62. The quantitative estimate of drug-likeness (QED) is 0.747. The molecule has 0 spiro atoms. The second-order valence-corrected chi connectivity index (χ2v) is 8.79. The van der Waals surface area contributed by atoms with Crippen LogP contribution in [-0.2, 0) is 14.8 Å². The van der Waals surface area contributed by atoms with E-state index < -0.39 is 22.0 Å². The van der Waals surface area contributed by atoms with Gasteiger partial charge in [0.25, 0.3) is 0 Å². The Morgan fingerprint density at radius 1 is 1.15 bits per heavy atom. The van der Waals surface area contributed by atoms with Gasteiger partial charge in [-0.15, -0.1) is 0 Å². The predicted octanol–water partition coefficient (Wildman–Crippen LogP) is 4.10. The SMILES string of the molecule is COc1ccc(C)cc1N([C@H](C)C(=O)Nc1cc(Cl)cc(Cl)c1)S(C)(=O)=O. The number of halogens is 2. The van der Waals surface area contributed by atoms with E-state index in [2.05, 4.69) is 5.32 Å². The number of benzene rings is 2. The first-order chi connectivity index (χ1) is 12.5. The van der Waals surface area contributed by atoms with Gasteiger partial charge in [-0.2, -0.15) is 0 Å². The molecule has 0 heterocycles. The van der Waals surface area contributed by atoms with E-state index in [1.807, 2.05) is 6.92 Å². The Labute approximate surface area is 169 Å². The number of methoxy groups -OCH3 is 1. The number of carbonyl (C=O) groups is 1. The molecule has 2 aromatic rings. The molecule has 2 rings (SSSR count). The highest BCUT2D eigenvalue weighted by atomic mass is 35.5. The van der Waals surface area contributed by atoms with Crippen molar-refractivity contribution in [1.82, 2.24) is 0 Å². The molecule has 0 fully saturated rings. The molecule has 27 heavy (non-hydrogen) atoms. The molecule has 0 bridgehead atoms. The zero-order valence-corrected chi connectivity index (χ0v) is 17.6. The van der Waals surface area contributed by atoms with Gasteiger partial charge in [0.15, 0.2) is 0 Å². The molecule has 0 saturated carbocycles. The molecule has 6 nitrogen and oxygen atoms in total. The van der Waals surface area contributed by atoms with Crippen LogP contribution < -0.4 is 14.4 Å². The number of carbonyl (C=O) groups excluding carboxylic acids is 1. The number of nitrogens with zero attached hydrogens (tertiary/aromatic N) is 1. The average molecular weight is 431 g/mol. The number of aryl methyl sites for hydroxylation is 1. The maximum absolute atomic E-state index is 12.7. The number of ether oxygens (including phenoxy) is 1. The van der Waals surface area contributed by atoms with Gasteiger partial charge in [-0.05, 0) is 49.7 Å². The minimum absolute atomic E-state index is 0.284. The van der Waals surface area contributed by atoms with Gasteiger partial charge < -0.3 is 10.1 Å². The lowest BCUT2D eigenvalue weighted by atomic mass is 10.2. The topological polar surface area (TPSA) is 75.7 Å². The van der Waals surface area contributed by atoms with Crippen molar-refractivity contribution in [2.75, 3.05) is 23.0 Å². The summed E-state index contributed by atoms with van der Waals surface area (Å²) >= 11 is 11.9. The third-order valence-electron chi connectivity index (χ3n) is 3.79. The first kappa shape index (κ1) is 21.3. The van der Waals surface area contributed by atoms with Crippen LogP contribution in [-0.4, -0.2) is 33.7 Å². The fourth-order valence-electron chi connectivity index (χ4n) is 2.63. The molecule has 0 radical (unpaired) electrons. The summed E-state index contributed by atoms with van der Waals surface area (Å²) in [7, 11) is -2.34. The maximum Gasteiger partial charge on any atom is 0.247 e. The Bertz CT molecular complexity index is 944. The summed E-state index contributed by atoms with van der Waals surface area (Å²) in [6, 6.07) is 8.63. The largest absolute Gasteiger partial charge is 0.495 e. The van der Waals surface area contributed by atoms with Crippen molar-refractivity contribution in [3.63, 3.8) is 0 Å². The standard InChI is InChI=1S/C18H20Cl2N2O4S/c1-11-5-6-17(26-3)16(7-11)22(27(4,24)25)12(2)18(23)21-15-9-13(19)8-14(20)10-15/h5-10,12H,1-4H3,(H,21,23)/t12-/m1/s1. The highest BCUT2D eigenvalue weighted by Gasteiger charge is 2.31. The van der Waals surface area contributed by atoms with E-state index in [0.717, 1.165) is 16.1 Å². The van der Waals surface area contributed by atoms with E-state index in [4.69, 9.17) is 27.9 Å². The Balaban J connectivity index is 2.42. The van der Waals surface area contributed by atoms with Gasteiger partial charge in [0.1, 0.15) is 11.8 Å². The first-order valence-corrected chi connectivity index (χ1v) is 10.5. The average Bonchev–Trinajstić information content (AvgIpc) is 2.52. The molecule has 0 aliphatic carbocycles.